The van der Waals surface area contributed by atoms with Gasteiger partial charge in [0.1, 0.15) is 5.82 Å². The van der Waals surface area contributed by atoms with Crippen molar-refractivity contribution in [3.8, 4) is 11.1 Å². The number of imidazole rings is 1. The number of benzene rings is 2. The average molecular weight is 523 g/mol. The Morgan fingerprint density at radius 2 is 1.92 bits per heavy atom. The maximum atomic E-state index is 11.9. The molecule has 0 atom stereocenters. The molecule has 3 aromatic rings. The molecule has 0 bridgehead atoms. The molecule has 8 nitrogen and oxygen atoms in total. The highest BCUT2D eigenvalue weighted by Gasteiger charge is 2.22. The van der Waals surface area contributed by atoms with Crippen LogP contribution in [0.1, 0.15) is 90.8 Å². The molecule has 0 aliphatic heterocycles. The van der Waals surface area contributed by atoms with Crippen LogP contribution >= 0.6 is 11.6 Å². The summed E-state index contributed by atoms with van der Waals surface area (Å²) in [6.45, 7) is 2.46. The minimum absolute atomic E-state index is 0.0255. The third-order valence-electron chi connectivity index (χ3n) is 7.15. The maximum absolute atomic E-state index is 11.9. The van der Waals surface area contributed by atoms with Gasteiger partial charge in [-0.2, -0.15) is 0 Å². The minimum atomic E-state index is -1.08. The largest absolute Gasteiger partial charge is 0.476 e. The van der Waals surface area contributed by atoms with Crippen LogP contribution in [-0.2, 0) is 13.0 Å². The Morgan fingerprint density at radius 3 is 2.57 bits per heavy atom. The molecule has 2 aromatic carbocycles. The van der Waals surface area contributed by atoms with Gasteiger partial charge in [-0.3, -0.25) is 0 Å². The lowest BCUT2D eigenvalue weighted by Crippen LogP contribution is -2.23. The molecule has 37 heavy (non-hydrogen) atoms. The van der Waals surface area contributed by atoms with Gasteiger partial charge in [-0.1, -0.05) is 86.7 Å². The van der Waals surface area contributed by atoms with E-state index in [2.05, 4.69) is 34.7 Å². The summed E-state index contributed by atoms with van der Waals surface area (Å²) in [5.41, 5.74) is 13.6. The fourth-order valence-corrected chi connectivity index (χ4v) is 5.46. The molecule has 1 aliphatic carbocycles. The van der Waals surface area contributed by atoms with Crippen molar-refractivity contribution in [1.82, 2.24) is 15.1 Å². The highest BCUT2D eigenvalue weighted by Crippen LogP contribution is 2.36. The van der Waals surface area contributed by atoms with Gasteiger partial charge in [-0.15, -0.1) is 5.10 Å². The van der Waals surface area contributed by atoms with Gasteiger partial charge in [0.25, 0.3) is 0 Å². The number of aromatic carboxylic acids is 1. The Bertz CT molecular complexity index is 1260. The molecule has 1 saturated carbocycles. The summed E-state index contributed by atoms with van der Waals surface area (Å²) < 4.78 is 1.71. The van der Waals surface area contributed by atoms with E-state index in [-0.39, 0.29) is 10.8 Å². The molecule has 9 heteroatoms. The quantitative estimate of drug-likeness (QED) is 0.122. The van der Waals surface area contributed by atoms with Crippen LogP contribution in [0.3, 0.4) is 0 Å². The molecule has 0 saturated heterocycles. The van der Waals surface area contributed by atoms with Crippen molar-refractivity contribution < 1.29 is 9.90 Å². The average Bonchev–Trinajstić information content (AvgIpc) is 3.22. The number of nitrogens with two attached hydrogens (primary N) is 2. The van der Waals surface area contributed by atoms with Crippen molar-refractivity contribution >= 4 is 23.4 Å². The van der Waals surface area contributed by atoms with E-state index in [1.54, 1.807) is 4.57 Å². The van der Waals surface area contributed by atoms with E-state index in [1.807, 2.05) is 30.3 Å². The van der Waals surface area contributed by atoms with E-state index in [0.717, 1.165) is 35.1 Å². The summed E-state index contributed by atoms with van der Waals surface area (Å²) in [7, 11) is 0. The number of hydrogen-bond donors (Lipinski definition) is 4. The van der Waals surface area contributed by atoms with Crippen LogP contribution < -0.4 is 17.1 Å². The number of carboxylic acids is 1. The molecule has 196 valence electrons. The third-order valence-corrected chi connectivity index (χ3v) is 7.41. The van der Waals surface area contributed by atoms with Crippen LogP contribution in [0.5, 0.6) is 0 Å². The predicted molar refractivity (Wildman–Crippen MR) is 148 cm³/mol. The summed E-state index contributed by atoms with van der Waals surface area (Å²) in [5, 5.41) is 13.8. The number of unbranched alkanes of at least 4 members (excludes halogenated alkanes) is 1. The van der Waals surface area contributed by atoms with Crippen LogP contribution in [-0.4, -0.2) is 26.5 Å². The fourth-order valence-electron chi connectivity index (χ4n) is 5.18. The summed E-state index contributed by atoms with van der Waals surface area (Å²) >= 11 is 6.20. The van der Waals surface area contributed by atoms with E-state index in [4.69, 9.17) is 23.2 Å². The monoisotopic (exact) mass is 522 g/mol. The van der Waals surface area contributed by atoms with Crippen molar-refractivity contribution in [3.05, 3.63) is 75.8 Å². The van der Waals surface area contributed by atoms with Crippen LogP contribution in [0.4, 0.5) is 0 Å². The van der Waals surface area contributed by atoms with Gasteiger partial charge >= 0.3 is 5.97 Å². The number of carbonyl (C=O) groups is 1. The van der Waals surface area contributed by atoms with E-state index in [9.17, 15) is 9.90 Å². The van der Waals surface area contributed by atoms with Crippen molar-refractivity contribution in [2.45, 2.75) is 70.8 Å². The van der Waals surface area contributed by atoms with E-state index >= 15 is 0 Å². The normalized spacial score (nSPS) is 14.6. The van der Waals surface area contributed by atoms with Crippen molar-refractivity contribution in [2.24, 2.45) is 16.7 Å². The Morgan fingerprint density at radius 1 is 1.19 bits per heavy atom. The summed E-state index contributed by atoms with van der Waals surface area (Å²) in [6.07, 6.45) is 8.78. The second kappa shape index (κ2) is 12.3. The number of carboxylic acid groups (broad SMARTS) is 1. The summed E-state index contributed by atoms with van der Waals surface area (Å²) in [6, 6.07) is 14.5. The lowest BCUT2D eigenvalue weighted by molar-refractivity contribution is 0.0685. The number of rotatable bonds is 10. The maximum Gasteiger partial charge on any atom is 0.355 e. The molecule has 1 fully saturated rings. The molecule has 1 aromatic heterocycles. The lowest BCUT2D eigenvalue weighted by Gasteiger charge is -2.23. The molecular weight excluding hydrogens is 488 g/mol. The Hall–Kier alpha value is -3.36. The first kappa shape index (κ1) is 26.7. The number of aryl methyl sites for hydroxylation is 1. The molecular formula is C28H35ClN6O2. The first-order chi connectivity index (χ1) is 17.9. The highest BCUT2D eigenvalue weighted by atomic mass is 35.5. The molecule has 0 spiro atoms. The van der Waals surface area contributed by atoms with Crippen LogP contribution in [0.25, 0.3) is 11.1 Å². The topological polar surface area (TPSA) is 132 Å². The summed E-state index contributed by atoms with van der Waals surface area (Å²) in [5.74, 6) is 5.87. The van der Waals surface area contributed by atoms with Gasteiger partial charge in [0.05, 0.1) is 0 Å². The molecule has 1 aliphatic rings. The molecule has 0 unspecified atom stereocenters. The number of amidine groups is 1. The summed E-state index contributed by atoms with van der Waals surface area (Å²) in [4.78, 5) is 16.2. The molecule has 0 amide bonds. The molecule has 0 radical (unpaired) electrons. The second-order valence-corrected chi connectivity index (χ2v) is 9.98. The Labute approximate surface area is 222 Å². The number of nitrogens with one attached hydrogen (secondary N) is 1. The zero-order chi connectivity index (χ0) is 26.4. The van der Waals surface area contributed by atoms with Gasteiger partial charge in [-0.25, -0.2) is 21.2 Å². The van der Waals surface area contributed by atoms with Gasteiger partial charge in [-0.05, 0) is 47.4 Å². The van der Waals surface area contributed by atoms with E-state index in [0.29, 0.717) is 30.5 Å². The van der Waals surface area contributed by atoms with Crippen molar-refractivity contribution in [3.63, 3.8) is 0 Å². The number of hydrogen-bond acceptors (Lipinski definition) is 5. The second-order valence-electron chi connectivity index (χ2n) is 9.63. The predicted octanol–water partition coefficient (Wildman–Crippen LogP) is 5.42. The Balaban J connectivity index is 1.68. The number of nitrogens with zero attached hydrogens (tertiary/aromatic N) is 3. The van der Waals surface area contributed by atoms with Crippen LogP contribution in [0.15, 0.2) is 47.6 Å². The van der Waals surface area contributed by atoms with E-state index in [1.165, 1.54) is 37.7 Å². The van der Waals surface area contributed by atoms with Gasteiger partial charge in [0.2, 0.25) is 0 Å². The third kappa shape index (κ3) is 6.14. The zero-order valence-corrected chi connectivity index (χ0v) is 22.0. The first-order valence-electron chi connectivity index (χ1n) is 12.9. The van der Waals surface area contributed by atoms with Crippen molar-refractivity contribution in [1.29, 1.82) is 0 Å². The standard InChI is InChI=1S/C28H35ClN6O2/c1-2-3-9-24-32-26(29)25(28(36)37)35(24)17-18-10-12-20(13-11-18)23-16-21(19-7-5-4-6-8-19)14-15-22(23)27(30)33-34-31/h10-16,19,34H,2-9,17,31H2,1H3,(H2,30,33)(H,36,37). The molecule has 4 rings (SSSR count). The van der Waals surface area contributed by atoms with Gasteiger partial charge < -0.3 is 15.4 Å². The molecule has 6 N–H and O–H groups in total. The van der Waals surface area contributed by atoms with Crippen LogP contribution in [0, 0.1) is 0 Å². The Kier molecular flexibility index (Phi) is 8.84. The van der Waals surface area contributed by atoms with Gasteiger partial charge in [0, 0.05) is 18.5 Å². The zero-order valence-electron chi connectivity index (χ0n) is 21.2. The molecule has 1 heterocycles. The van der Waals surface area contributed by atoms with E-state index < -0.39 is 5.97 Å². The first-order valence-corrected chi connectivity index (χ1v) is 13.3. The van der Waals surface area contributed by atoms with Gasteiger partial charge in [0.15, 0.2) is 16.7 Å². The fraction of sp³-hybridized carbons (Fsp3) is 0.393. The smallest absolute Gasteiger partial charge is 0.355 e. The number of halogens is 1. The minimum Gasteiger partial charge on any atom is -0.476 e. The lowest BCUT2D eigenvalue weighted by atomic mass is 9.82. The number of hydrazone groups is 1. The van der Waals surface area contributed by atoms with Crippen molar-refractivity contribution in [2.75, 3.05) is 0 Å². The van der Waals surface area contributed by atoms with Crippen LogP contribution in [0.2, 0.25) is 5.15 Å². The number of hydrazine groups is 1. The number of aromatic nitrogens is 2. The highest BCUT2D eigenvalue weighted by molar-refractivity contribution is 6.32. The SMILES string of the molecule is CCCCc1nc(Cl)c(C(=O)O)n1Cc1ccc(-c2cc(C3CCCCC3)ccc2/C(N)=N/NN)cc1.